The number of anilines is 1. The molecule has 2 aromatic rings. The molecule has 27 heavy (non-hydrogen) atoms. The van der Waals surface area contributed by atoms with Crippen molar-refractivity contribution in [3.8, 4) is 0 Å². The van der Waals surface area contributed by atoms with Crippen molar-refractivity contribution in [3.63, 3.8) is 0 Å². The molecule has 144 valence electrons. The van der Waals surface area contributed by atoms with Crippen LogP contribution in [0.1, 0.15) is 16.1 Å². The first kappa shape index (κ1) is 19.2. The lowest BCUT2D eigenvalue weighted by Crippen LogP contribution is -2.41. The predicted octanol–water partition coefficient (Wildman–Crippen LogP) is 1.33. The summed E-state index contributed by atoms with van der Waals surface area (Å²) in [4.78, 5) is 22.6. The van der Waals surface area contributed by atoms with Crippen LogP contribution in [0.5, 0.6) is 0 Å². The smallest absolute Gasteiger partial charge is 0.270 e. The van der Waals surface area contributed by atoms with Gasteiger partial charge in [-0.25, -0.2) is 14.4 Å². The van der Waals surface area contributed by atoms with Gasteiger partial charge in [0.1, 0.15) is 23.7 Å². The van der Waals surface area contributed by atoms with Crippen molar-refractivity contribution in [3.05, 3.63) is 53.7 Å². The fourth-order valence-electron chi connectivity index (χ4n) is 2.85. The highest BCUT2D eigenvalue weighted by atomic mass is 19.1. The van der Waals surface area contributed by atoms with Crippen molar-refractivity contribution in [2.45, 2.75) is 6.42 Å². The van der Waals surface area contributed by atoms with E-state index in [4.69, 9.17) is 4.74 Å². The predicted molar refractivity (Wildman–Crippen MR) is 100 cm³/mol. The minimum absolute atomic E-state index is 0.220. The fraction of sp³-hybridized carbons (Fsp3) is 0.421. The lowest BCUT2D eigenvalue weighted by atomic mass is 10.1. The van der Waals surface area contributed by atoms with E-state index in [1.807, 2.05) is 6.07 Å². The number of carbonyl (C=O) groups excluding carboxylic acids is 1. The summed E-state index contributed by atoms with van der Waals surface area (Å²) in [6, 6.07) is 8.28. The van der Waals surface area contributed by atoms with E-state index in [-0.39, 0.29) is 11.7 Å². The van der Waals surface area contributed by atoms with E-state index in [1.165, 1.54) is 12.4 Å². The molecule has 8 heteroatoms. The highest BCUT2D eigenvalue weighted by Gasteiger charge is 2.12. The Labute approximate surface area is 158 Å². The van der Waals surface area contributed by atoms with Crippen molar-refractivity contribution in [2.75, 3.05) is 51.3 Å². The second kappa shape index (κ2) is 9.94. The summed E-state index contributed by atoms with van der Waals surface area (Å²) in [6.07, 6.45) is 1.88. The second-order valence-electron chi connectivity index (χ2n) is 6.27. The van der Waals surface area contributed by atoms with E-state index in [0.717, 1.165) is 32.8 Å². The van der Waals surface area contributed by atoms with Crippen LogP contribution < -0.4 is 10.6 Å². The van der Waals surface area contributed by atoms with Crippen molar-refractivity contribution in [2.24, 2.45) is 0 Å². The van der Waals surface area contributed by atoms with Crippen molar-refractivity contribution < 1.29 is 13.9 Å². The maximum atomic E-state index is 13.6. The van der Waals surface area contributed by atoms with Crippen molar-refractivity contribution in [1.29, 1.82) is 0 Å². The Bertz CT molecular complexity index is 752. The summed E-state index contributed by atoms with van der Waals surface area (Å²) < 4.78 is 18.9. The molecule has 2 heterocycles. The third-order valence-electron chi connectivity index (χ3n) is 4.38. The molecule has 3 rings (SSSR count). The summed E-state index contributed by atoms with van der Waals surface area (Å²) in [6.45, 7) is 5.10. The Morgan fingerprint density at radius 1 is 1.19 bits per heavy atom. The molecule has 1 saturated heterocycles. The molecule has 0 unspecified atom stereocenters. The van der Waals surface area contributed by atoms with E-state index >= 15 is 0 Å². The SMILES string of the molecule is O=C(NCCN1CCOCC1)c1cc(NCCc2ccccc2F)ncn1. The normalized spacial score (nSPS) is 14.7. The lowest BCUT2D eigenvalue weighted by Gasteiger charge is -2.26. The molecule has 1 aliphatic heterocycles. The molecule has 0 bridgehead atoms. The molecule has 0 atom stereocenters. The number of ether oxygens (including phenoxy) is 1. The van der Waals surface area contributed by atoms with Crippen LogP contribution in [-0.4, -0.2) is 66.7 Å². The van der Waals surface area contributed by atoms with E-state index < -0.39 is 0 Å². The molecule has 1 amide bonds. The van der Waals surface area contributed by atoms with Gasteiger partial charge in [0.2, 0.25) is 0 Å². The summed E-state index contributed by atoms with van der Waals surface area (Å²) in [5.41, 5.74) is 0.945. The van der Waals surface area contributed by atoms with E-state index in [0.29, 0.717) is 36.6 Å². The molecule has 1 fully saturated rings. The molecule has 0 radical (unpaired) electrons. The van der Waals surface area contributed by atoms with Gasteiger partial charge in [-0.15, -0.1) is 0 Å². The maximum Gasteiger partial charge on any atom is 0.270 e. The lowest BCUT2D eigenvalue weighted by molar-refractivity contribution is 0.0383. The molecule has 0 spiro atoms. The van der Waals surface area contributed by atoms with E-state index in [1.54, 1.807) is 18.2 Å². The Hall–Kier alpha value is -2.58. The number of hydrogen-bond donors (Lipinski definition) is 2. The zero-order chi connectivity index (χ0) is 18.9. The highest BCUT2D eigenvalue weighted by molar-refractivity contribution is 5.92. The van der Waals surface area contributed by atoms with Crippen LogP contribution in [-0.2, 0) is 11.2 Å². The molecular formula is C19H24FN5O2. The summed E-state index contributed by atoms with van der Waals surface area (Å²) in [5.74, 6) is 0.0878. The minimum atomic E-state index is -0.234. The number of carbonyl (C=O) groups is 1. The number of halogens is 1. The first-order valence-corrected chi connectivity index (χ1v) is 9.10. The average molecular weight is 373 g/mol. The fourth-order valence-corrected chi connectivity index (χ4v) is 2.85. The van der Waals surface area contributed by atoms with Gasteiger partial charge in [0.05, 0.1) is 13.2 Å². The Morgan fingerprint density at radius 3 is 2.81 bits per heavy atom. The quantitative estimate of drug-likeness (QED) is 0.727. The Balaban J connectivity index is 1.44. The number of nitrogens with one attached hydrogen (secondary N) is 2. The number of morpholine rings is 1. The first-order valence-electron chi connectivity index (χ1n) is 9.10. The van der Waals surface area contributed by atoms with Crippen LogP contribution in [0, 0.1) is 5.82 Å². The number of benzene rings is 1. The van der Waals surface area contributed by atoms with Gasteiger partial charge in [0.15, 0.2) is 0 Å². The van der Waals surface area contributed by atoms with Gasteiger partial charge in [-0.2, -0.15) is 0 Å². The van der Waals surface area contributed by atoms with Gasteiger partial charge in [0, 0.05) is 38.8 Å². The van der Waals surface area contributed by atoms with Gasteiger partial charge < -0.3 is 15.4 Å². The highest BCUT2D eigenvalue weighted by Crippen LogP contribution is 2.08. The maximum absolute atomic E-state index is 13.6. The molecule has 1 aromatic heterocycles. The topological polar surface area (TPSA) is 79.4 Å². The van der Waals surface area contributed by atoms with Crippen molar-refractivity contribution in [1.82, 2.24) is 20.2 Å². The molecule has 1 aliphatic rings. The van der Waals surface area contributed by atoms with Crippen LogP contribution in [0.4, 0.5) is 10.2 Å². The number of amides is 1. The van der Waals surface area contributed by atoms with Crippen LogP contribution in [0.25, 0.3) is 0 Å². The summed E-state index contributed by atoms with van der Waals surface area (Å²) >= 11 is 0. The Kier molecular flexibility index (Phi) is 7.06. The second-order valence-corrected chi connectivity index (χ2v) is 6.27. The third-order valence-corrected chi connectivity index (χ3v) is 4.38. The van der Waals surface area contributed by atoms with Crippen LogP contribution in [0.3, 0.4) is 0 Å². The average Bonchev–Trinajstić information content (AvgIpc) is 2.70. The van der Waals surface area contributed by atoms with Gasteiger partial charge in [-0.1, -0.05) is 18.2 Å². The van der Waals surface area contributed by atoms with Gasteiger partial charge in [-0.05, 0) is 18.1 Å². The molecule has 2 N–H and O–H groups in total. The first-order chi connectivity index (χ1) is 13.2. The number of nitrogens with zero attached hydrogens (tertiary/aromatic N) is 3. The van der Waals surface area contributed by atoms with Crippen LogP contribution >= 0.6 is 0 Å². The van der Waals surface area contributed by atoms with E-state index in [2.05, 4.69) is 25.5 Å². The number of aromatic nitrogens is 2. The van der Waals surface area contributed by atoms with Gasteiger partial charge in [-0.3, -0.25) is 9.69 Å². The molecule has 1 aromatic carbocycles. The largest absolute Gasteiger partial charge is 0.379 e. The zero-order valence-electron chi connectivity index (χ0n) is 15.2. The van der Waals surface area contributed by atoms with Crippen LogP contribution in [0.2, 0.25) is 0 Å². The zero-order valence-corrected chi connectivity index (χ0v) is 15.2. The molecule has 0 saturated carbocycles. The molecule has 0 aliphatic carbocycles. The summed E-state index contributed by atoms with van der Waals surface area (Å²) in [5, 5.41) is 5.98. The van der Waals surface area contributed by atoms with Crippen molar-refractivity contribution >= 4 is 11.7 Å². The Morgan fingerprint density at radius 2 is 2.00 bits per heavy atom. The number of hydrogen-bond acceptors (Lipinski definition) is 6. The third kappa shape index (κ3) is 5.97. The van der Waals surface area contributed by atoms with Gasteiger partial charge in [0.25, 0.3) is 5.91 Å². The molecule has 7 nitrogen and oxygen atoms in total. The van der Waals surface area contributed by atoms with Gasteiger partial charge >= 0.3 is 0 Å². The molecular weight excluding hydrogens is 349 g/mol. The number of rotatable bonds is 8. The standard InChI is InChI=1S/C19H24FN5O2/c20-16-4-2-1-3-15(16)5-6-21-18-13-17(23-14-24-18)19(26)22-7-8-25-9-11-27-12-10-25/h1-4,13-14H,5-12H2,(H,22,26)(H,21,23,24). The van der Waals surface area contributed by atoms with Crippen LogP contribution in [0.15, 0.2) is 36.7 Å². The van der Waals surface area contributed by atoms with E-state index in [9.17, 15) is 9.18 Å². The minimum Gasteiger partial charge on any atom is -0.379 e. The summed E-state index contributed by atoms with van der Waals surface area (Å²) in [7, 11) is 0. The monoisotopic (exact) mass is 373 g/mol.